The van der Waals surface area contributed by atoms with Gasteiger partial charge in [-0.15, -0.1) is 0 Å². The Morgan fingerprint density at radius 2 is 2.13 bits per heavy atom. The molecule has 128 valence electrons. The van der Waals surface area contributed by atoms with Gasteiger partial charge in [0.25, 0.3) is 0 Å². The van der Waals surface area contributed by atoms with Gasteiger partial charge < -0.3 is 10.2 Å². The van der Waals surface area contributed by atoms with Crippen molar-refractivity contribution in [1.82, 2.24) is 20.1 Å². The summed E-state index contributed by atoms with van der Waals surface area (Å²) >= 11 is 0. The number of aromatic nitrogens is 1. The number of hydrogen-bond acceptors (Lipinski definition) is 3. The molecular formula is C18H30N4O. The van der Waals surface area contributed by atoms with Crippen molar-refractivity contribution in [2.75, 3.05) is 26.2 Å². The van der Waals surface area contributed by atoms with Crippen LogP contribution in [-0.4, -0.2) is 53.0 Å². The van der Waals surface area contributed by atoms with E-state index in [-0.39, 0.29) is 12.1 Å². The van der Waals surface area contributed by atoms with Gasteiger partial charge in [-0.2, -0.15) is 0 Å². The van der Waals surface area contributed by atoms with E-state index in [1.165, 1.54) is 0 Å². The summed E-state index contributed by atoms with van der Waals surface area (Å²) in [7, 11) is 0. The third-order valence-electron chi connectivity index (χ3n) is 4.73. The van der Waals surface area contributed by atoms with Crippen LogP contribution >= 0.6 is 0 Å². The lowest BCUT2D eigenvalue weighted by atomic mass is 10.0. The van der Waals surface area contributed by atoms with Crippen molar-refractivity contribution < 1.29 is 4.79 Å². The highest BCUT2D eigenvalue weighted by atomic mass is 16.2. The monoisotopic (exact) mass is 318 g/mol. The van der Waals surface area contributed by atoms with Crippen molar-refractivity contribution in [3.63, 3.8) is 0 Å². The number of carbonyl (C=O) groups is 1. The van der Waals surface area contributed by atoms with Gasteiger partial charge in [0.05, 0.1) is 11.7 Å². The predicted octanol–water partition coefficient (Wildman–Crippen LogP) is 2.90. The van der Waals surface area contributed by atoms with Gasteiger partial charge in [0, 0.05) is 25.3 Å². The second-order valence-corrected chi connectivity index (χ2v) is 6.54. The van der Waals surface area contributed by atoms with Gasteiger partial charge in [0.15, 0.2) is 0 Å². The number of hydrogen-bond donors (Lipinski definition) is 1. The van der Waals surface area contributed by atoms with Crippen molar-refractivity contribution in [1.29, 1.82) is 0 Å². The minimum absolute atomic E-state index is 0.0315. The van der Waals surface area contributed by atoms with Crippen LogP contribution in [0.25, 0.3) is 0 Å². The van der Waals surface area contributed by atoms with Crippen LogP contribution in [0.5, 0.6) is 0 Å². The lowest BCUT2D eigenvalue weighted by Crippen LogP contribution is -2.44. The van der Waals surface area contributed by atoms with E-state index in [0.717, 1.165) is 38.3 Å². The van der Waals surface area contributed by atoms with E-state index >= 15 is 0 Å². The zero-order chi connectivity index (χ0) is 16.8. The number of rotatable bonds is 6. The Morgan fingerprint density at radius 1 is 1.39 bits per heavy atom. The molecule has 5 nitrogen and oxygen atoms in total. The molecule has 1 fully saturated rings. The van der Waals surface area contributed by atoms with Gasteiger partial charge in [0.2, 0.25) is 0 Å². The zero-order valence-corrected chi connectivity index (χ0v) is 14.8. The number of urea groups is 1. The number of likely N-dealkylation sites (tertiary alicyclic amines) is 1. The summed E-state index contributed by atoms with van der Waals surface area (Å²) in [6.45, 7) is 12.3. The Morgan fingerprint density at radius 3 is 2.70 bits per heavy atom. The lowest BCUT2D eigenvalue weighted by Gasteiger charge is -2.28. The van der Waals surface area contributed by atoms with Gasteiger partial charge in [-0.1, -0.05) is 33.8 Å². The van der Waals surface area contributed by atoms with Gasteiger partial charge in [0.1, 0.15) is 0 Å². The molecule has 0 aliphatic carbocycles. The van der Waals surface area contributed by atoms with Crippen molar-refractivity contribution in [3.05, 3.63) is 30.1 Å². The van der Waals surface area contributed by atoms with Gasteiger partial charge in [-0.25, -0.2) is 4.79 Å². The maximum atomic E-state index is 12.6. The molecule has 0 radical (unpaired) electrons. The number of carbonyl (C=O) groups excluding carboxylic acids is 1. The molecular weight excluding hydrogens is 288 g/mol. The highest BCUT2D eigenvalue weighted by molar-refractivity contribution is 5.75. The van der Waals surface area contributed by atoms with Crippen LogP contribution in [0, 0.1) is 5.92 Å². The molecule has 1 N–H and O–H groups in total. The van der Waals surface area contributed by atoms with E-state index in [0.29, 0.717) is 12.0 Å². The van der Waals surface area contributed by atoms with E-state index in [1.807, 2.05) is 23.1 Å². The molecule has 1 saturated heterocycles. The number of pyridine rings is 1. The first-order valence-corrected chi connectivity index (χ1v) is 8.77. The summed E-state index contributed by atoms with van der Waals surface area (Å²) in [6, 6.07) is 6.32. The Kier molecular flexibility index (Phi) is 6.39. The number of nitrogens with zero attached hydrogens (tertiary/aromatic N) is 3. The first-order valence-electron chi connectivity index (χ1n) is 8.77. The maximum Gasteiger partial charge on any atom is 0.317 e. The van der Waals surface area contributed by atoms with Crippen LogP contribution in [0.15, 0.2) is 24.4 Å². The van der Waals surface area contributed by atoms with Gasteiger partial charge in [-0.3, -0.25) is 9.88 Å². The van der Waals surface area contributed by atoms with Crippen LogP contribution in [0.2, 0.25) is 0 Å². The molecule has 2 rings (SSSR count). The van der Waals surface area contributed by atoms with Crippen LogP contribution in [0.1, 0.15) is 45.9 Å². The SMILES string of the molecule is CCN(CC)C1CCN(C(=O)NC(c2ccccn2)C(C)C)C1. The molecule has 2 atom stereocenters. The molecule has 0 aromatic carbocycles. The van der Waals surface area contributed by atoms with E-state index in [1.54, 1.807) is 6.20 Å². The first-order chi connectivity index (χ1) is 11.1. The summed E-state index contributed by atoms with van der Waals surface area (Å²) in [5.41, 5.74) is 0.926. The third kappa shape index (κ3) is 4.44. The van der Waals surface area contributed by atoms with Crippen molar-refractivity contribution >= 4 is 6.03 Å². The van der Waals surface area contributed by atoms with Crippen molar-refractivity contribution in [3.8, 4) is 0 Å². The Labute approximate surface area is 140 Å². The summed E-state index contributed by atoms with van der Waals surface area (Å²) < 4.78 is 0. The molecule has 0 saturated carbocycles. The minimum Gasteiger partial charge on any atom is -0.329 e. The summed E-state index contributed by atoms with van der Waals surface area (Å²) in [5, 5.41) is 3.18. The van der Waals surface area contributed by atoms with Gasteiger partial charge >= 0.3 is 6.03 Å². The smallest absolute Gasteiger partial charge is 0.317 e. The average molecular weight is 318 g/mol. The largest absolute Gasteiger partial charge is 0.329 e. The molecule has 0 bridgehead atoms. The Bertz CT molecular complexity index is 487. The molecule has 1 aromatic rings. The Hall–Kier alpha value is -1.62. The summed E-state index contributed by atoms with van der Waals surface area (Å²) in [4.78, 5) is 21.4. The highest BCUT2D eigenvalue weighted by Crippen LogP contribution is 2.21. The minimum atomic E-state index is -0.0452. The average Bonchev–Trinajstić information content (AvgIpc) is 3.04. The van der Waals surface area contributed by atoms with Crippen LogP contribution in [-0.2, 0) is 0 Å². The number of amides is 2. The van der Waals surface area contributed by atoms with Gasteiger partial charge in [-0.05, 0) is 37.6 Å². The number of nitrogens with one attached hydrogen (secondary N) is 1. The predicted molar refractivity (Wildman–Crippen MR) is 93.2 cm³/mol. The summed E-state index contributed by atoms with van der Waals surface area (Å²) in [6.07, 6.45) is 2.84. The Balaban J connectivity index is 1.98. The first kappa shape index (κ1) is 17.7. The van der Waals surface area contributed by atoms with Crippen LogP contribution in [0.4, 0.5) is 4.79 Å². The third-order valence-corrected chi connectivity index (χ3v) is 4.73. The molecule has 1 aliphatic rings. The fourth-order valence-electron chi connectivity index (χ4n) is 3.33. The topological polar surface area (TPSA) is 48.5 Å². The quantitative estimate of drug-likeness (QED) is 0.877. The molecule has 23 heavy (non-hydrogen) atoms. The van der Waals surface area contributed by atoms with E-state index in [9.17, 15) is 4.79 Å². The molecule has 0 spiro atoms. The normalized spacial score (nSPS) is 19.4. The number of likely N-dealkylation sites (N-methyl/N-ethyl adjacent to an activating group) is 1. The van der Waals surface area contributed by atoms with Crippen LogP contribution in [0.3, 0.4) is 0 Å². The molecule has 1 aliphatic heterocycles. The fraction of sp³-hybridized carbons (Fsp3) is 0.667. The second kappa shape index (κ2) is 8.29. The molecule has 2 unspecified atom stereocenters. The fourth-order valence-corrected chi connectivity index (χ4v) is 3.33. The molecule has 2 amide bonds. The van der Waals surface area contributed by atoms with E-state index in [4.69, 9.17) is 0 Å². The van der Waals surface area contributed by atoms with Crippen LogP contribution < -0.4 is 5.32 Å². The standard InChI is InChI=1S/C18H30N4O/c1-5-21(6-2)15-10-12-22(13-15)18(23)20-17(14(3)4)16-9-7-8-11-19-16/h7-9,11,14-15,17H,5-6,10,12-13H2,1-4H3,(H,20,23). The lowest BCUT2D eigenvalue weighted by molar-refractivity contribution is 0.187. The highest BCUT2D eigenvalue weighted by Gasteiger charge is 2.30. The molecule has 2 heterocycles. The summed E-state index contributed by atoms with van der Waals surface area (Å²) in [5.74, 6) is 0.301. The molecule has 1 aromatic heterocycles. The van der Waals surface area contributed by atoms with Crippen molar-refractivity contribution in [2.45, 2.75) is 46.2 Å². The van der Waals surface area contributed by atoms with E-state index < -0.39 is 0 Å². The zero-order valence-electron chi connectivity index (χ0n) is 14.8. The molecule has 5 heteroatoms. The maximum absolute atomic E-state index is 12.6. The second-order valence-electron chi connectivity index (χ2n) is 6.54. The van der Waals surface area contributed by atoms with E-state index in [2.05, 4.69) is 42.9 Å². The van der Waals surface area contributed by atoms with Crippen molar-refractivity contribution in [2.24, 2.45) is 5.92 Å².